The molecule has 3 heterocycles. The fraction of sp³-hybridized carbons (Fsp3) is 0.0185. The lowest BCUT2D eigenvalue weighted by Gasteiger charge is -2.35. The third-order valence-corrected chi connectivity index (χ3v) is 16.7. The van der Waals surface area contributed by atoms with Crippen molar-refractivity contribution >= 4 is 72.4 Å². The van der Waals surface area contributed by atoms with Crippen LogP contribution in [0.25, 0.3) is 66.4 Å². The van der Waals surface area contributed by atoms with Crippen LogP contribution in [0.4, 0.5) is 0 Å². The Morgan fingerprint density at radius 3 is 1.31 bits per heavy atom. The summed E-state index contributed by atoms with van der Waals surface area (Å²) in [6.07, 6.45) is 0. The van der Waals surface area contributed by atoms with Crippen LogP contribution in [0, 0.1) is 6.92 Å². The van der Waals surface area contributed by atoms with Crippen LogP contribution < -0.4 is 20.7 Å². The van der Waals surface area contributed by atoms with Crippen LogP contribution in [0.1, 0.15) is 5.56 Å². The molecule has 0 amide bonds. The molecule has 8 aromatic carbocycles. The first kappa shape index (κ1) is 34.0. The Balaban J connectivity index is 1.23. The van der Waals surface area contributed by atoms with Gasteiger partial charge in [0, 0.05) is 33.2 Å². The van der Waals surface area contributed by atoms with Gasteiger partial charge in [-0.1, -0.05) is 188 Å². The van der Waals surface area contributed by atoms with Crippen LogP contribution in [-0.4, -0.2) is 22.2 Å². The minimum absolute atomic E-state index is 0.880. The van der Waals surface area contributed by atoms with Gasteiger partial charge >= 0.3 is 0 Å². The molecule has 0 radical (unpaired) electrons. The molecule has 0 spiro atoms. The van der Waals surface area contributed by atoms with E-state index in [1.165, 1.54) is 58.9 Å². The predicted molar refractivity (Wildman–Crippen MR) is 247 cm³/mol. The molecule has 0 aliphatic rings. The number of aromatic nitrogens is 3. The number of pyridine rings is 1. The highest BCUT2D eigenvalue weighted by Crippen LogP contribution is 2.36. The second-order valence-corrected chi connectivity index (χ2v) is 19.0. The largest absolute Gasteiger partial charge is 0.309 e. The molecule has 0 atom stereocenters. The lowest BCUT2D eigenvalue weighted by Crippen LogP contribution is -2.74. The van der Waals surface area contributed by atoms with E-state index in [1.807, 2.05) is 0 Å². The second-order valence-electron chi connectivity index (χ2n) is 15.2. The molecule has 11 rings (SSSR count). The summed E-state index contributed by atoms with van der Waals surface area (Å²) in [5.41, 5.74) is 8.93. The Labute approximate surface area is 338 Å². The molecule has 0 bridgehead atoms. The van der Waals surface area contributed by atoms with Gasteiger partial charge in [-0.25, -0.2) is 4.98 Å². The van der Waals surface area contributed by atoms with Crippen LogP contribution in [0.2, 0.25) is 0 Å². The molecular weight excluding hydrogens is 719 g/mol. The number of rotatable bonds is 7. The number of fused-ring (bicyclic) bond motifs is 6. The Hall–Kier alpha value is -7.27. The van der Waals surface area contributed by atoms with E-state index in [9.17, 15) is 0 Å². The molecule has 0 saturated carbocycles. The molecule has 0 N–H and O–H groups in total. The van der Waals surface area contributed by atoms with Crippen molar-refractivity contribution in [3.8, 4) is 22.8 Å². The molecule has 11 aromatic rings. The molecule has 0 aliphatic carbocycles. The second kappa shape index (κ2) is 13.7. The van der Waals surface area contributed by atoms with Gasteiger partial charge in [0.25, 0.3) is 0 Å². The van der Waals surface area contributed by atoms with E-state index in [1.54, 1.807) is 0 Å². The molecule has 58 heavy (non-hydrogen) atoms. The van der Waals surface area contributed by atoms with E-state index < -0.39 is 8.07 Å². The maximum absolute atomic E-state index is 5.64. The summed E-state index contributed by atoms with van der Waals surface area (Å²) in [4.78, 5) is 5.64. The number of hydrogen-bond acceptors (Lipinski definition) is 1. The zero-order valence-electron chi connectivity index (χ0n) is 32.1. The highest BCUT2D eigenvalue weighted by molar-refractivity contribution is 7.19. The lowest BCUT2D eigenvalue weighted by molar-refractivity contribution is 1.06. The average molecular weight is 758 g/mol. The summed E-state index contributed by atoms with van der Waals surface area (Å²) in [5.74, 6) is 0.880. The number of nitrogens with zero attached hydrogens (tertiary/aromatic N) is 3. The fourth-order valence-corrected chi connectivity index (χ4v) is 14.3. The Kier molecular flexibility index (Phi) is 8.05. The Bertz CT molecular complexity index is 3030. The summed E-state index contributed by atoms with van der Waals surface area (Å²) >= 11 is 0. The maximum atomic E-state index is 5.64. The van der Waals surface area contributed by atoms with Gasteiger partial charge in [0.1, 0.15) is 5.82 Å². The molecule has 3 aromatic heterocycles. The van der Waals surface area contributed by atoms with Crippen molar-refractivity contribution in [3.63, 3.8) is 0 Å². The van der Waals surface area contributed by atoms with E-state index in [2.05, 4.69) is 234 Å². The van der Waals surface area contributed by atoms with Crippen LogP contribution in [-0.2, 0) is 0 Å². The van der Waals surface area contributed by atoms with Gasteiger partial charge in [0.15, 0.2) is 8.07 Å². The van der Waals surface area contributed by atoms with Crippen molar-refractivity contribution in [2.24, 2.45) is 0 Å². The molecule has 3 nitrogen and oxygen atoms in total. The number of para-hydroxylation sites is 4. The zero-order valence-corrected chi connectivity index (χ0v) is 33.1. The first-order valence-electron chi connectivity index (χ1n) is 20.0. The third-order valence-electron chi connectivity index (χ3n) is 11.9. The molecule has 4 heteroatoms. The Morgan fingerprint density at radius 1 is 0.362 bits per heavy atom. The number of benzene rings is 8. The fourth-order valence-electron chi connectivity index (χ4n) is 9.43. The minimum Gasteiger partial charge on any atom is -0.309 e. The van der Waals surface area contributed by atoms with E-state index in [4.69, 9.17) is 4.98 Å². The third kappa shape index (κ3) is 5.30. The summed E-state index contributed by atoms with van der Waals surface area (Å²) in [6, 6.07) is 80.2. The quantitative estimate of drug-likeness (QED) is 0.117. The van der Waals surface area contributed by atoms with Crippen LogP contribution in [0.5, 0.6) is 0 Å². The first-order valence-corrected chi connectivity index (χ1v) is 22.0. The minimum atomic E-state index is -2.81. The summed E-state index contributed by atoms with van der Waals surface area (Å²) in [7, 11) is -2.81. The van der Waals surface area contributed by atoms with Crippen molar-refractivity contribution in [1.29, 1.82) is 0 Å². The van der Waals surface area contributed by atoms with E-state index in [-0.39, 0.29) is 0 Å². The molecule has 274 valence electrons. The van der Waals surface area contributed by atoms with Gasteiger partial charge in [0.05, 0.1) is 33.4 Å². The molecule has 0 saturated heterocycles. The molecule has 0 unspecified atom stereocenters. The highest BCUT2D eigenvalue weighted by atomic mass is 28.3. The van der Waals surface area contributed by atoms with Gasteiger partial charge in [-0.3, -0.25) is 4.57 Å². The lowest BCUT2D eigenvalue weighted by atomic mass is 10.1. The van der Waals surface area contributed by atoms with Crippen LogP contribution in [0.15, 0.2) is 218 Å². The van der Waals surface area contributed by atoms with Crippen molar-refractivity contribution in [1.82, 2.24) is 14.1 Å². The van der Waals surface area contributed by atoms with Crippen LogP contribution in [0.3, 0.4) is 0 Å². The van der Waals surface area contributed by atoms with Crippen LogP contribution >= 0.6 is 0 Å². The summed E-state index contributed by atoms with van der Waals surface area (Å²) in [6.45, 7) is 2.20. The van der Waals surface area contributed by atoms with E-state index in [0.717, 1.165) is 33.8 Å². The van der Waals surface area contributed by atoms with E-state index >= 15 is 0 Å². The average Bonchev–Trinajstić information content (AvgIpc) is 3.81. The van der Waals surface area contributed by atoms with Gasteiger partial charge in [0.2, 0.25) is 0 Å². The van der Waals surface area contributed by atoms with Gasteiger partial charge in [-0.15, -0.1) is 0 Å². The summed E-state index contributed by atoms with van der Waals surface area (Å²) in [5, 5.41) is 10.3. The monoisotopic (exact) mass is 757 g/mol. The topological polar surface area (TPSA) is 22.8 Å². The number of hydrogen-bond donors (Lipinski definition) is 0. The van der Waals surface area contributed by atoms with Crippen molar-refractivity contribution in [2.75, 3.05) is 0 Å². The van der Waals surface area contributed by atoms with Crippen molar-refractivity contribution in [2.45, 2.75) is 6.92 Å². The number of aryl methyl sites for hydroxylation is 1. The maximum Gasteiger partial charge on any atom is 0.179 e. The molecule has 0 fully saturated rings. The van der Waals surface area contributed by atoms with Crippen molar-refractivity contribution < 1.29 is 0 Å². The van der Waals surface area contributed by atoms with Crippen molar-refractivity contribution in [3.05, 3.63) is 224 Å². The predicted octanol–water partition coefficient (Wildman–Crippen LogP) is 10.6. The van der Waals surface area contributed by atoms with Gasteiger partial charge < -0.3 is 4.57 Å². The van der Waals surface area contributed by atoms with Gasteiger partial charge in [-0.2, -0.15) is 0 Å². The molecular formula is C54H39N3Si. The zero-order chi connectivity index (χ0) is 38.6. The highest BCUT2D eigenvalue weighted by Gasteiger charge is 2.41. The first-order chi connectivity index (χ1) is 28.7. The SMILES string of the molecule is Cc1cccc([Si](c2ccccc2)(c2ccccc2)c2cccc(-c3cc(-n4c5ccccc5c5ccccc54)cc(-n4c5ccccc5c5ccccc54)n3)c2)c1. The Morgan fingerprint density at radius 2 is 0.793 bits per heavy atom. The van der Waals surface area contributed by atoms with Gasteiger partial charge in [-0.05, 0) is 58.0 Å². The smallest absolute Gasteiger partial charge is 0.179 e. The standard InChI is InChI=1S/C54H39N3Si/c1-38-18-16-24-43(34-38)58(41-20-4-2-5-21-41,42-22-6-3-7-23-42)44-25-17-19-39(35-44)49-36-40(56-50-30-12-8-26-45(50)46-27-9-13-31-51(46)56)37-54(55-49)57-52-32-14-10-28-47(52)48-29-11-15-33-53(48)57/h2-37H,1H3. The molecule has 0 aliphatic heterocycles. The normalized spacial score (nSPS) is 11.9. The van der Waals surface area contributed by atoms with E-state index in [0.29, 0.717) is 0 Å². The summed E-state index contributed by atoms with van der Waals surface area (Å²) < 4.78 is 4.76.